The Balaban J connectivity index is 1.38. The molecule has 0 unspecified atom stereocenters. The maximum absolute atomic E-state index is 13.1. The number of hydrogen-bond acceptors (Lipinski definition) is 6. The van der Waals surface area contributed by atoms with E-state index in [-0.39, 0.29) is 18.0 Å². The predicted molar refractivity (Wildman–Crippen MR) is 136 cm³/mol. The molecule has 1 saturated heterocycles. The second kappa shape index (κ2) is 11.2. The number of ether oxygens (including phenoxy) is 1. The molecule has 0 saturated carbocycles. The van der Waals surface area contributed by atoms with Crippen LogP contribution in [0.1, 0.15) is 47.1 Å². The molecule has 1 N–H and O–H groups in total. The highest BCUT2D eigenvalue weighted by Gasteiger charge is 2.31. The second-order valence-corrected chi connectivity index (χ2v) is 9.92. The van der Waals surface area contributed by atoms with Crippen LogP contribution in [-0.2, 0) is 11.2 Å². The Morgan fingerprint density at radius 2 is 2.00 bits per heavy atom. The summed E-state index contributed by atoms with van der Waals surface area (Å²) in [6.07, 6.45) is 3.55. The van der Waals surface area contributed by atoms with Crippen molar-refractivity contribution in [2.75, 3.05) is 56.7 Å². The van der Waals surface area contributed by atoms with Crippen molar-refractivity contribution in [1.82, 2.24) is 14.8 Å². The van der Waals surface area contributed by atoms with Crippen molar-refractivity contribution < 1.29 is 14.3 Å². The van der Waals surface area contributed by atoms with Gasteiger partial charge in [-0.05, 0) is 44.2 Å². The highest BCUT2D eigenvalue weighted by atomic mass is 32.1. The number of nitrogens with zero attached hydrogens (tertiary/aromatic N) is 4. The SMILES string of the molecule is CCCN(CCOC)C(=O)c1sc(N2CCC(N3CCc4ccccc4NC3=O)CC2)nc1C. The number of methoxy groups -OCH3 is 1. The molecule has 2 aliphatic rings. The largest absolute Gasteiger partial charge is 0.383 e. The topological polar surface area (TPSA) is 78.0 Å². The summed E-state index contributed by atoms with van der Waals surface area (Å²) in [7, 11) is 1.66. The van der Waals surface area contributed by atoms with Crippen molar-refractivity contribution in [2.24, 2.45) is 0 Å². The van der Waals surface area contributed by atoms with Gasteiger partial charge >= 0.3 is 6.03 Å². The molecule has 0 atom stereocenters. The van der Waals surface area contributed by atoms with E-state index in [1.807, 2.05) is 34.9 Å². The number of para-hydroxylation sites is 1. The summed E-state index contributed by atoms with van der Waals surface area (Å²) in [6, 6.07) is 8.24. The Morgan fingerprint density at radius 1 is 1.24 bits per heavy atom. The van der Waals surface area contributed by atoms with E-state index in [0.29, 0.717) is 24.6 Å². The van der Waals surface area contributed by atoms with Crippen LogP contribution in [0.5, 0.6) is 0 Å². The van der Waals surface area contributed by atoms with Crippen molar-refractivity contribution in [2.45, 2.75) is 45.6 Å². The molecule has 9 heteroatoms. The lowest BCUT2D eigenvalue weighted by molar-refractivity contribution is 0.0699. The first-order chi connectivity index (χ1) is 16.5. The van der Waals surface area contributed by atoms with Crippen LogP contribution in [0, 0.1) is 6.92 Å². The minimum atomic E-state index is -0.00606. The lowest BCUT2D eigenvalue weighted by Crippen LogP contribution is -2.48. The quantitative estimate of drug-likeness (QED) is 0.611. The first-order valence-corrected chi connectivity index (χ1v) is 13.0. The summed E-state index contributed by atoms with van der Waals surface area (Å²) in [5, 5.41) is 3.98. The third-order valence-electron chi connectivity index (χ3n) is 6.64. The van der Waals surface area contributed by atoms with E-state index >= 15 is 0 Å². The van der Waals surface area contributed by atoms with Gasteiger partial charge in [0, 0.05) is 51.6 Å². The van der Waals surface area contributed by atoms with Crippen LogP contribution in [0.2, 0.25) is 0 Å². The van der Waals surface area contributed by atoms with Gasteiger partial charge in [-0.1, -0.05) is 36.5 Å². The number of thiazole rings is 1. The van der Waals surface area contributed by atoms with Crippen LogP contribution < -0.4 is 10.2 Å². The Bertz CT molecular complexity index is 1000. The first kappa shape index (κ1) is 24.5. The molecule has 2 aromatic rings. The van der Waals surface area contributed by atoms with Crippen LogP contribution >= 0.6 is 11.3 Å². The minimum absolute atomic E-state index is 0.00606. The lowest BCUT2D eigenvalue weighted by Gasteiger charge is -2.37. The molecule has 0 aliphatic carbocycles. The zero-order chi connectivity index (χ0) is 24.1. The van der Waals surface area contributed by atoms with Gasteiger partial charge in [0.2, 0.25) is 0 Å². The Morgan fingerprint density at radius 3 is 2.74 bits per heavy atom. The number of carbonyl (C=O) groups is 2. The molecule has 34 heavy (non-hydrogen) atoms. The maximum atomic E-state index is 13.1. The highest BCUT2D eigenvalue weighted by Crippen LogP contribution is 2.31. The van der Waals surface area contributed by atoms with E-state index in [4.69, 9.17) is 9.72 Å². The summed E-state index contributed by atoms with van der Waals surface area (Å²) >= 11 is 1.48. The average molecular weight is 486 g/mol. The number of aromatic nitrogens is 1. The van der Waals surface area contributed by atoms with E-state index in [2.05, 4.69) is 23.2 Å². The molecule has 1 fully saturated rings. The van der Waals surface area contributed by atoms with Crippen LogP contribution in [0.4, 0.5) is 15.6 Å². The third kappa shape index (κ3) is 5.36. The molecule has 1 aromatic heterocycles. The molecule has 0 radical (unpaired) electrons. The standard InChI is InChI=1S/C25H35N5O3S/c1-4-12-28(16-17-33-3)23(31)22-18(2)26-25(34-22)29-13-10-20(11-14-29)30-15-9-19-7-5-6-8-21(19)27-24(30)32/h5-8,20H,4,9-17H2,1-3H3,(H,27,32). The average Bonchev–Trinajstić information content (AvgIpc) is 3.15. The summed E-state index contributed by atoms with van der Waals surface area (Å²) < 4.78 is 5.18. The number of rotatable bonds is 8. The first-order valence-electron chi connectivity index (χ1n) is 12.2. The van der Waals surface area contributed by atoms with Gasteiger partial charge in [-0.25, -0.2) is 9.78 Å². The maximum Gasteiger partial charge on any atom is 0.322 e. The van der Waals surface area contributed by atoms with Gasteiger partial charge in [0.25, 0.3) is 5.91 Å². The minimum Gasteiger partial charge on any atom is -0.383 e. The number of aryl methyl sites for hydroxylation is 1. The van der Waals surface area contributed by atoms with Gasteiger partial charge in [-0.2, -0.15) is 0 Å². The number of benzene rings is 1. The molecule has 2 aliphatic heterocycles. The number of hydrogen-bond donors (Lipinski definition) is 1. The Hall–Kier alpha value is -2.65. The highest BCUT2D eigenvalue weighted by molar-refractivity contribution is 7.17. The normalized spacial score (nSPS) is 16.7. The zero-order valence-corrected chi connectivity index (χ0v) is 21.2. The fourth-order valence-electron chi connectivity index (χ4n) is 4.75. The van der Waals surface area contributed by atoms with E-state index in [0.717, 1.165) is 61.8 Å². The number of fused-ring (bicyclic) bond motifs is 1. The van der Waals surface area contributed by atoms with E-state index in [1.165, 1.54) is 16.9 Å². The van der Waals surface area contributed by atoms with Crippen LogP contribution in [0.25, 0.3) is 0 Å². The monoisotopic (exact) mass is 485 g/mol. The van der Waals surface area contributed by atoms with Crippen molar-refractivity contribution in [1.29, 1.82) is 0 Å². The van der Waals surface area contributed by atoms with Crippen molar-refractivity contribution in [3.8, 4) is 0 Å². The molecule has 3 amide bonds. The van der Waals surface area contributed by atoms with Crippen molar-refractivity contribution in [3.63, 3.8) is 0 Å². The molecule has 0 spiro atoms. The van der Waals surface area contributed by atoms with E-state index in [9.17, 15) is 9.59 Å². The van der Waals surface area contributed by atoms with Gasteiger partial charge in [-0.15, -0.1) is 0 Å². The number of carbonyl (C=O) groups excluding carboxylic acids is 2. The van der Waals surface area contributed by atoms with Crippen LogP contribution in [-0.4, -0.2) is 79.2 Å². The van der Waals surface area contributed by atoms with Crippen LogP contribution in [0.15, 0.2) is 24.3 Å². The molecule has 8 nitrogen and oxygen atoms in total. The predicted octanol–water partition coefficient (Wildman–Crippen LogP) is 4.01. The molecular formula is C25H35N5O3S. The van der Waals surface area contributed by atoms with E-state index < -0.39 is 0 Å². The molecule has 4 rings (SSSR count). The fraction of sp³-hybridized carbons (Fsp3) is 0.560. The van der Waals surface area contributed by atoms with Gasteiger partial charge < -0.3 is 24.8 Å². The molecule has 0 bridgehead atoms. The van der Waals surface area contributed by atoms with Gasteiger partial charge in [0.1, 0.15) is 4.88 Å². The smallest absolute Gasteiger partial charge is 0.322 e. The summed E-state index contributed by atoms with van der Waals surface area (Å²) in [5.74, 6) is 0.0378. The molecular weight excluding hydrogens is 450 g/mol. The van der Waals surface area contributed by atoms with Gasteiger partial charge in [-0.3, -0.25) is 4.79 Å². The summed E-state index contributed by atoms with van der Waals surface area (Å²) in [6.45, 7) is 8.20. The van der Waals surface area contributed by atoms with Crippen molar-refractivity contribution in [3.05, 3.63) is 40.4 Å². The molecule has 3 heterocycles. The van der Waals surface area contributed by atoms with Gasteiger partial charge in [0.05, 0.1) is 12.3 Å². The fourth-order valence-corrected chi connectivity index (χ4v) is 5.84. The lowest BCUT2D eigenvalue weighted by atomic mass is 10.0. The Labute approximate surface area is 205 Å². The number of anilines is 2. The van der Waals surface area contributed by atoms with Crippen molar-refractivity contribution >= 4 is 34.1 Å². The zero-order valence-electron chi connectivity index (χ0n) is 20.4. The second-order valence-electron chi connectivity index (χ2n) is 8.94. The van der Waals surface area contributed by atoms with Crippen LogP contribution in [0.3, 0.4) is 0 Å². The summed E-state index contributed by atoms with van der Waals surface area (Å²) in [5.41, 5.74) is 2.90. The van der Waals surface area contributed by atoms with E-state index in [1.54, 1.807) is 7.11 Å². The summed E-state index contributed by atoms with van der Waals surface area (Å²) in [4.78, 5) is 37.6. The number of nitrogens with one attached hydrogen (secondary N) is 1. The Kier molecular flexibility index (Phi) is 8.05. The van der Waals surface area contributed by atoms with Gasteiger partial charge in [0.15, 0.2) is 5.13 Å². The molecule has 1 aromatic carbocycles. The number of amides is 3. The number of piperidine rings is 1. The third-order valence-corrected chi connectivity index (χ3v) is 7.85. The molecule has 184 valence electrons. The number of urea groups is 1.